The lowest BCUT2D eigenvalue weighted by atomic mass is 10.1. The Hall–Kier alpha value is -3.34. The highest BCUT2D eigenvalue weighted by Crippen LogP contribution is 2.27. The molecular formula is C27H26BrClN4O4S. The second kappa shape index (κ2) is 12.5. The molecule has 0 bridgehead atoms. The normalized spacial score (nSPS) is 13.1. The van der Waals surface area contributed by atoms with Gasteiger partial charge in [0, 0.05) is 48.1 Å². The molecule has 1 aliphatic heterocycles. The van der Waals surface area contributed by atoms with Gasteiger partial charge in [0.15, 0.2) is 5.11 Å². The van der Waals surface area contributed by atoms with E-state index in [2.05, 4.69) is 31.5 Å². The van der Waals surface area contributed by atoms with Crippen LogP contribution >= 0.6 is 39.7 Å². The Morgan fingerprint density at radius 1 is 0.921 bits per heavy atom. The van der Waals surface area contributed by atoms with Crippen LogP contribution in [0.15, 0.2) is 65.1 Å². The smallest absolute Gasteiger partial charge is 0.257 e. The first-order valence-electron chi connectivity index (χ1n) is 11.7. The van der Waals surface area contributed by atoms with Gasteiger partial charge in [-0.15, -0.1) is 0 Å². The lowest BCUT2D eigenvalue weighted by molar-refractivity contribution is 0.0743. The van der Waals surface area contributed by atoms with Gasteiger partial charge >= 0.3 is 0 Å². The van der Waals surface area contributed by atoms with Gasteiger partial charge in [0.2, 0.25) is 0 Å². The largest absolute Gasteiger partial charge is 0.496 e. The Bertz CT molecular complexity index is 1350. The minimum atomic E-state index is -0.328. The quantitative estimate of drug-likeness (QED) is 0.368. The summed E-state index contributed by atoms with van der Waals surface area (Å²) in [6.07, 6.45) is 0. The van der Waals surface area contributed by atoms with Crippen molar-refractivity contribution in [2.24, 2.45) is 0 Å². The Labute approximate surface area is 240 Å². The van der Waals surface area contributed by atoms with Crippen LogP contribution in [0.4, 0.5) is 11.4 Å². The van der Waals surface area contributed by atoms with Gasteiger partial charge in [0.25, 0.3) is 11.8 Å². The number of methoxy groups -OCH3 is 2. The maximum absolute atomic E-state index is 13.0. The van der Waals surface area contributed by atoms with Crippen LogP contribution in [0.5, 0.6) is 11.5 Å². The van der Waals surface area contributed by atoms with Gasteiger partial charge in [-0.3, -0.25) is 14.9 Å². The number of hydrogen-bond acceptors (Lipinski definition) is 6. The predicted molar refractivity (Wildman–Crippen MR) is 157 cm³/mol. The van der Waals surface area contributed by atoms with E-state index >= 15 is 0 Å². The topological polar surface area (TPSA) is 83.1 Å². The highest BCUT2D eigenvalue weighted by molar-refractivity contribution is 9.10. The average Bonchev–Trinajstić information content (AvgIpc) is 2.93. The molecule has 0 radical (unpaired) electrons. The molecule has 8 nitrogen and oxygen atoms in total. The molecule has 198 valence electrons. The first-order valence-corrected chi connectivity index (χ1v) is 13.3. The van der Waals surface area contributed by atoms with Crippen LogP contribution in [-0.2, 0) is 0 Å². The molecule has 1 fully saturated rings. The molecule has 0 spiro atoms. The number of ether oxygens (including phenoxy) is 2. The number of carbonyl (C=O) groups is 2. The minimum Gasteiger partial charge on any atom is -0.496 e. The maximum atomic E-state index is 13.0. The van der Waals surface area contributed by atoms with E-state index in [9.17, 15) is 9.59 Å². The lowest BCUT2D eigenvalue weighted by Gasteiger charge is -2.36. The van der Waals surface area contributed by atoms with Gasteiger partial charge in [0.05, 0.1) is 24.3 Å². The molecule has 0 atom stereocenters. The third kappa shape index (κ3) is 6.56. The number of benzene rings is 3. The molecule has 1 aliphatic rings. The highest BCUT2D eigenvalue weighted by Gasteiger charge is 2.25. The molecule has 2 N–H and O–H groups in total. The maximum Gasteiger partial charge on any atom is 0.257 e. The number of carbonyl (C=O) groups excluding carboxylic acids is 2. The second-order valence-corrected chi connectivity index (χ2v) is 10.1. The van der Waals surface area contributed by atoms with Gasteiger partial charge in [-0.25, -0.2) is 0 Å². The van der Waals surface area contributed by atoms with E-state index in [1.807, 2.05) is 29.2 Å². The molecule has 1 heterocycles. The highest BCUT2D eigenvalue weighted by atomic mass is 79.9. The van der Waals surface area contributed by atoms with Crippen LogP contribution in [0.3, 0.4) is 0 Å². The Kier molecular flexibility index (Phi) is 9.09. The summed E-state index contributed by atoms with van der Waals surface area (Å²) >= 11 is 14.8. The molecule has 3 aromatic rings. The van der Waals surface area contributed by atoms with E-state index < -0.39 is 0 Å². The summed E-state index contributed by atoms with van der Waals surface area (Å²) in [5.41, 5.74) is 2.69. The Balaban J connectivity index is 1.30. The molecule has 0 unspecified atom stereocenters. The molecule has 0 saturated carbocycles. The van der Waals surface area contributed by atoms with Crippen LogP contribution in [-0.4, -0.2) is 62.2 Å². The van der Waals surface area contributed by atoms with E-state index in [0.29, 0.717) is 58.3 Å². The molecule has 38 heavy (non-hydrogen) atoms. The van der Waals surface area contributed by atoms with Crippen molar-refractivity contribution in [2.75, 3.05) is 50.6 Å². The molecule has 4 rings (SSSR count). The molecule has 3 aromatic carbocycles. The van der Waals surface area contributed by atoms with E-state index in [1.54, 1.807) is 43.5 Å². The van der Waals surface area contributed by atoms with Crippen LogP contribution < -0.4 is 25.0 Å². The fourth-order valence-electron chi connectivity index (χ4n) is 4.09. The molecule has 1 saturated heterocycles. The van der Waals surface area contributed by atoms with E-state index in [4.69, 9.17) is 33.3 Å². The summed E-state index contributed by atoms with van der Waals surface area (Å²) in [5, 5.41) is 6.40. The number of hydrogen-bond donors (Lipinski definition) is 2. The molecule has 0 aromatic heterocycles. The molecule has 0 aliphatic carbocycles. The second-order valence-electron chi connectivity index (χ2n) is 8.43. The van der Waals surface area contributed by atoms with Crippen molar-refractivity contribution in [1.82, 2.24) is 10.2 Å². The van der Waals surface area contributed by atoms with Gasteiger partial charge in [-0.1, -0.05) is 11.6 Å². The van der Waals surface area contributed by atoms with E-state index in [0.717, 1.165) is 11.4 Å². The number of nitrogens with zero attached hydrogens (tertiary/aromatic N) is 2. The van der Waals surface area contributed by atoms with E-state index in [1.165, 1.54) is 7.11 Å². The van der Waals surface area contributed by atoms with Crippen molar-refractivity contribution in [3.05, 3.63) is 81.3 Å². The molecule has 2 amide bonds. The van der Waals surface area contributed by atoms with Gasteiger partial charge in [-0.2, -0.15) is 0 Å². The van der Waals surface area contributed by atoms with E-state index in [-0.39, 0.29) is 16.9 Å². The zero-order chi connectivity index (χ0) is 27.2. The monoisotopic (exact) mass is 616 g/mol. The van der Waals surface area contributed by atoms with Crippen molar-refractivity contribution in [1.29, 1.82) is 0 Å². The third-order valence-corrected chi connectivity index (χ3v) is 7.15. The fraction of sp³-hybridized carbons (Fsp3) is 0.222. The summed E-state index contributed by atoms with van der Waals surface area (Å²) < 4.78 is 11.2. The predicted octanol–water partition coefficient (Wildman–Crippen LogP) is 5.21. The summed E-state index contributed by atoms with van der Waals surface area (Å²) in [7, 11) is 3.10. The van der Waals surface area contributed by atoms with Crippen molar-refractivity contribution >= 4 is 68.1 Å². The van der Waals surface area contributed by atoms with Gasteiger partial charge in [0.1, 0.15) is 11.5 Å². The number of piperazine rings is 1. The number of nitrogens with one attached hydrogen (secondary N) is 2. The standard InChI is InChI=1S/C27H26BrClN4O4S/c1-36-23-10-4-18(29)16-21(23)26(35)33-13-11-32(12-14-33)20-7-5-19(6-8-20)30-27(38)31-25(34)17-3-9-24(37-2)22(28)15-17/h3-10,15-16H,11-14H2,1-2H3,(H2,30,31,34,38). The number of thiocarbonyl (C=S) groups is 1. The fourth-order valence-corrected chi connectivity index (χ4v) is 5.01. The van der Waals surface area contributed by atoms with Crippen LogP contribution in [0, 0.1) is 0 Å². The summed E-state index contributed by atoms with van der Waals surface area (Å²) in [6, 6.07) is 17.8. The molecule has 11 heteroatoms. The van der Waals surface area contributed by atoms with Crippen LogP contribution in [0.25, 0.3) is 0 Å². The molecular weight excluding hydrogens is 592 g/mol. The summed E-state index contributed by atoms with van der Waals surface area (Å²) in [6.45, 7) is 2.53. The first kappa shape index (κ1) is 27.7. The summed E-state index contributed by atoms with van der Waals surface area (Å²) in [4.78, 5) is 29.6. The number of halogens is 2. The number of rotatable bonds is 6. The lowest BCUT2D eigenvalue weighted by Crippen LogP contribution is -2.48. The zero-order valence-corrected chi connectivity index (χ0v) is 24.0. The van der Waals surface area contributed by atoms with Crippen LogP contribution in [0.1, 0.15) is 20.7 Å². The first-order chi connectivity index (χ1) is 18.3. The zero-order valence-electron chi connectivity index (χ0n) is 20.8. The summed E-state index contributed by atoms with van der Waals surface area (Å²) in [5.74, 6) is 0.721. The van der Waals surface area contributed by atoms with Crippen molar-refractivity contribution < 1.29 is 19.1 Å². The number of anilines is 2. The van der Waals surface area contributed by atoms with Crippen molar-refractivity contribution in [2.45, 2.75) is 0 Å². The van der Waals surface area contributed by atoms with Crippen LogP contribution in [0.2, 0.25) is 5.02 Å². The Morgan fingerprint density at radius 3 is 2.21 bits per heavy atom. The average molecular weight is 618 g/mol. The van der Waals surface area contributed by atoms with Crippen molar-refractivity contribution in [3.8, 4) is 11.5 Å². The Morgan fingerprint density at radius 2 is 1.58 bits per heavy atom. The third-order valence-electron chi connectivity index (χ3n) is 6.09. The number of amides is 2. The van der Waals surface area contributed by atoms with Gasteiger partial charge in [-0.05, 0) is 88.8 Å². The van der Waals surface area contributed by atoms with Gasteiger partial charge < -0.3 is 24.6 Å². The van der Waals surface area contributed by atoms with Crippen molar-refractivity contribution in [3.63, 3.8) is 0 Å². The minimum absolute atomic E-state index is 0.0962. The SMILES string of the molecule is COc1ccc(C(=O)NC(=S)Nc2ccc(N3CCN(C(=O)c4cc(Cl)ccc4OC)CC3)cc2)cc1Br.